The van der Waals surface area contributed by atoms with Gasteiger partial charge in [-0.2, -0.15) is 0 Å². The number of hydrogen-bond donors (Lipinski definition) is 1. The lowest BCUT2D eigenvalue weighted by Crippen LogP contribution is -2.14. The summed E-state index contributed by atoms with van der Waals surface area (Å²) >= 11 is 3.50. The number of rotatable bonds is 3. The van der Waals surface area contributed by atoms with Gasteiger partial charge in [0.25, 0.3) is 0 Å². The quantitative estimate of drug-likeness (QED) is 0.836. The van der Waals surface area contributed by atoms with Crippen LogP contribution in [0.2, 0.25) is 0 Å². The van der Waals surface area contributed by atoms with Crippen LogP contribution in [0.1, 0.15) is 43.7 Å². The van der Waals surface area contributed by atoms with Crippen LogP contribution in [-0.2, 0) is 0 Å². The predicted molar refractivity (Wildman–Crippen MR) is 86.5 cm³/mol. The maximum Gasteiger partial charge on any atom is 0.207 e. The highest BCUT2D eigenvalue weighted by atomic mass is 79.9. The monoisotopic (exact) mass is 333 g/mol. The average molecular weight is 334 g/mol. The molecule has 3 rings (SSSR count). The topological polar surface area (TPSA) is 29.9 Å². The zero-order valence-electron chi connectivity index (χ0n) is 11.8. The number of benzene rings is 1. The molecule has 0 bridgehead atoms. The number of hydrogen-bond acceptors (Lipinski definition) is 2. The number of aromatic nitrogens is 2. The van der Waals surface area contributed by atoms with E-state index in [9.17, 15) is 0 Å². The summed E-state index contributed by atoms with van der Waals surface area (Å²) in [6, 6.07) is 6.88. The third-order valence-electron chi connectivity index (χ3n) is 4.07. The molecule has 2 aromatic rings. The Morgan fingerprint density at radius 2 is 2.05 bits per heavy atom. The molecule has 4 heteroatoms. The second kappa shape index (κ2) is 6.00. The van der Waals surface area contributed by atoms with Crippen LogP contribution >= 0.6 is 15.9 Å². The Labute approximate surface area is 128 Å². The van der Waals surface area contributed by atoms with Crippen molar-refractivity contribution in [1.29, 1.82) is 0 Å². The summed E-state index contributed by atoms with van der Waals surface area (Å²) in [5.74, 6) is 0.960. The predicted octanol–water partition coefficient (Wildman–Crippen LogP) is 5.20. The zero-order valence-corrected chi connectivity index (χ0v) is 13.4. The van der Waals surface area contributed by atoms with E-state index in [2.05, 4.69) is 62.1 Å². The van der Waals surface area contributed by atoms with Gasteiger partial charge in [-0.25, -0.2) is 4.98 Å². The molecule has 1 saturated carbocycles. The van der Waals surface area contributed by atoms with E-state index in [4.69, 9.17) is 0 Å². The fourth-order valence-electron chi connectivity index (χ4n) is 2.95. The van der Waals surface area contributed by atoms with Crippen molar-refractivity contribution in [2.75, 3.05) is 5.32 Å². The van der Waals surface area contributed by atoms with E-state index in [1.165, 1.54) is 37.7 Å². The van der Waals surface area contributed by atoms with E-state index in [0.717, 1.165) is 16.1 Å². The van der Waals surface area contributed by atoms with Crippen LogP contribution in [0.5, 0.6) is 0 Å². The summed E-state index contributed by atoms with van der Waals surface area (Å²) in [6.07, 6.45) is 10.6. The third-order valence-corrected chi connectivity index (χ3v) is 4.56. The number of nitrogens with one attached hydrogen (secondary N) is 1. The van der Waals surface area contributed by atoms with Gasteiger partial charge in [-0.05, 0) is 43.5 Å². The van der Waals surface area contributed by atoms with E-state index >= 15 is 0 Å². The van der Waals surface area contributed by atoms with Crippen LogP contribution in [0.3, 0.4) is 0 Å². The summed E-state index contributed by atoms with van der Waals surface area (Å²) in [6.45, 7) is 2.11. The van der Waals surface area contributed by atoms with E-state index in [1.807, 2.05) is 6.20 Å². The number of halogens is 1. The molecular formula is C16H20BrN3. The van der Waals surface area contributed by atoms with Crippen LogP contribution in [0, 0.1) is 6.92 Å². The molecule has 0 radical (unpaired) electrons. The van der Waals surface area contributed by atoms with E-state index < -0.39 is 0 Å². The van der Waals surface area contributed by atoms with Gasteiger partial charge in [0.2, 0.25) is 5.95 Å². The number of nitrogens with zero attached hydrogens (tertiary/aromatic N) is 2. The fourth-order valence-corrected chi connectivity index (χ4v) is 3.43. The molecule has 0 unspecified atom stereocenters. The van der Waals surface area contributed by atoms with Gasteiger partial charge in [-0.15, -0.1) is 0 Å². The Kier molecular flexibility index (Phi) is 4.10. The highest BCUT2D eigenvalue weighted by Crippen LogP contribution is 2.31. The first kappa shape index (κ1) is 13.7. The Hall–Kier alpha value is -1.29. The third kappa shape index (κ3) is 2.90. The van der Waals surface area contributed by atoms with Crippen molar-refractivity contribution in [3.05, 3.63) is 40.6 Å². The van der Waals surface area contributed by atoms with Gasteiger partial charge in [0.1, 0.15) is 0 Å². The Morgan fingerprint density at radius 3 is 2.80 bits per heavy atom. The molecule has 3 nitrogen and oxygen atoms in total. The van der Waals surface area contributed by atoms with E-state index in [-0.39, 0.29) is 0 Å². The summed E-state index contributed by atoms with van der Waals surface area (Å²) in [5.41, 5.74) is 2.34. The van der Waals surface area contributed by atoms with Crippen molar-refractivity contribution >= 4 is 27.6 Å². The molecule has 1 N–H and O–H groups in total. The summed E-state index contributed by atoms with van der Waals surface area (Å²) in [4.78, 5) is 4.49. The minimum Gasteiger partial charge on any atom is -0.325 e. The first-order valence-corrected chi connectivity index (χ1v) is 8.09. The van der Waals surface area contributed by atoms with Crippen molar-refractivity contribution in [3.8, 4) is 0 Å². The van der Waals surface area contributed by atoms with Gasteiger partial charge in [-0.1, -0.05) is 35.2 Å². The van der Waals surface area contributed by atoms with E-state index in [1.54, 1.807) is 0 Å². The molecule has 20 heavy (non-hydrogen) atoms. The molecule has 0 saturated heterocycles. The highest BCUT2D eigenvalue weighted by Gasteiger charge is 2.18. The smallest absolute Gasteiger partial charge is 0.207 e. The summed E-state index contributed by atoms with van der Waals surface area (Å²) in [5, 5.41) is 3.48. The van der Waals surface area contributed by atoms with Gasteiger partial charge in [0.15, 0.2) is 0 Å². The zero-order chi connectivity index (χ0) is 13.9. The van der Waals surface area contributed by atoms with E-state index in [0.29, 0.717) is 6.04 Å². The lowest BCUT2D eigenvalue weighted by atomic mass is 9.95. The standard InChI is InChI=1S/C16H20BrN3/c1-12-11-13(17)7-8-15(12)19-16-18-9-10-20(16)14-5-3-2-4-6-14/h7-11,14H,2-6H2,1H3,(H,18,19). The first-order valence-electron chi connectivity index (χ1n) is 7.30. The number of aryl methyl sites for hydroxylation is 1. The molecule has 1 fully saturated rings. The van der Waals surface area contributed by atoms with Gasteiger partial charge < -0.3 is 9.88 Å². The SMILES string of the molecule is Cc1cc(Br)ccc1Nc1nccn1C1CCCCC1. The van der Waals surface area contributed by atoms with Gasteiger partial charge in [0, 0.05) is 28.6 Å². The Bertz CT molecular complexity index is 585. The summed E-state index contributed by atoms with van der Waals surface area (Å²) < 4.78 is 3.41. The maximum absolute atomic E-state index is 4.49. The lowest BCUT2D eigenvalue weighted by Gasteiger charge is -2.25. The minimum atomic E-state index is 0.601. The largest absolute Gasteiger partial charge is 0.325 e. The minimum absolute atomic E-state index is 0.601. The summed E-state index contributed by atoms with van der Waals surface area (Å²) in [7, 11) is 0. The van der Waals surface area contributed by atoms with Crippen molar-refractivity contribution in [2.24, 2.45) is 0 Å². The molecular weight excluding hydrogens is 314 g/mol. The molecule has 0 atom stereocenters. The highest BCUT2D eigenvalue weighted by molar-refractivity contribution is 9.10. The van der Waals surface area contributed by atoms with Crippen molar-refractivity contribution in [1.82, 2.24) is 9.55 Å². The molecule has 1 heterocycles. The molecule has 0 spiro atoms. The molecule has 0 amide bonds. The van der Waals surface area contributed by atoms with Crippen molar-refractivity contribution < 1.29 is 0 Å². The lowest BCUT2D eigenvalue weighted by molar-refractivity contribution is 0.356. The molecule has 1 aromatic heterocycles. The number of anilines is 2. The van der Waals surface area contributed by atoms with Crippen LogP contribution in [0.25, 0.3) is 0 Å². The van der Waals surface area contributed by atoms with Crippen molar-refractivity contribution in [3.63, 3.8) is 0 Å². The molecule has 1 aromatic carbocycles. The maximum atomic E-state index is 4.49. The Morgan fingerprint density at radius 1 is 1.25 bits per heavy atom. The van der Waals surface area contributed by atoms with Gasteiger partial charge >= 0.3 is 0 Å². The molecule has 106 valence electrons. The fraction of sp³-hybridized carbons (Fsp3) is 0.438. The Balaban J connectivity index is 1.82. The van der Waals surface area contributed by atoms with Gasteiger partial charge in [0.05, 0.1) is 0 Å². The van der Waals surface area contributed by atoms with Crippen LogP contribution < -0.4 is 5.32 Å². The molecule has 1 aliphatic rings. The second-order valence-electron chi connectivity index (χ2n) is 5.53. The first-order chi connectivity index (χ1) is 9.74. The van der Waals surface area contributed by atoms with Crippen LogP contribution in [0.4, 0.5) is 11.6 Å². The van der Waals surface area contributed by atoms with Crippen LogP contribution in [0.15, 0.2) is 35.1 Å². The molecule has 0 aliphatic heterocycles. The normalized spacial score (nSPS) is 16.3. The second-order valence-corrected chi connectivity index (χ2v) is 6.45. The van der Waals surface area contributed by atoms with Gasteiger partial charge in [-0.3, -0.25) is 0 Å². The number of imidazole rings is 1. The average Bonchev–Trinajstić information content (AvgIpc) is 2.91. The van der Waals surface area contributed by atoms with Crippen molar-refractivity contribution in [2.45, 2.75) is 45.1 Å². The molecule has 1 aliphatic carbocycles. The van der Waals surface area contributed by atoms with Crippen LogP contribution in [-0.4, -0.2) is 9.55 Å².